The van der Waals surface area contributed by atoms with Crippen LogP contribution in [0.3, 0.4) is 0 Å². The number of cyclic esters (lactones) is 1. The van der Waals surface area contributed by atoms with Gasteiger partial charge in [-0.15, -0.1) is 0 Å². The summed E-state index contributed by atoms with van der Waals surface area (Å²) in [6, 6.07) is 5.76. The van der Waals surface area contributed by atoms with Crippen molar-refractivity contribution in [2.24, 2.45) is 11.8 Å². The number of benzene rings is 1. The lowest BCUT2D eigenvalue weighted by atomic mass is 9.86. The van der Waals surface area contributed by atoms with Gasteiger partial charge in [-0.1, -0.05) is 104 Å². The molecule has 1 unspecified atom stereocenters. The molecular formula is C38H48F3NO6. The molecular weight excluding hydrogens is 623 g/mol. The van der Waals surface area contributed by atoms with Crippen LogP contribution < -0.4 is 5.32 Å². The zero-order valence-corrected chi connectivity index (χ0v) is 28.4. The van der Waals surface area contributed by atoms with E-state index in [-0.39, 0.29) is 35.9 Å². The largest absolute Gasteiger partial charge is 0.455 e. The van der Waals surface area contributed by atoms with E-state index in [4.69, 9.17) is 14.2 Å². The number of halogens is 3. The average Bonchev–Trinajstić information content (AvgIpc) is 3.02. The lowest BCUT2D eigenvalue weighted by Crippen LogP contribution is -2.60. The summed E-state index contributed by atoms with van der Waals surface area (Å²) in [5.41, 5.74) is -1.61. The number of aliphatic hydroxyl groups is 1. The highest BCUT2D eigenvalue weighted by Crippen LogP contribution is 2.42. The number of allylic oxidation sites excluding steroid dienone is 7. The van der Waals surface area contributed by atoms with Gasteiger partial charge in [0.05, 0.1) is 24.4 Å². The first-order chi connectivity index (χ1) is 22.7. The van der Waals surface area contributed by atoms with E-state index in [2.05, 4.69) is 18.3 Å². The van der Waals surface area contributed by atoms with Crippen LogP contribution in [0.5, 0.6) is 0 Å². The number of rotatable bonds is 13. The summed E-state index contributed by atoms with van der Waals surface area (Å²) in [5.74, 6) is -1.84. The third-order valence-electron chi connectivity index (χ3n) is 8.57. The van der Waals surface area contributed by atoms with Gasteiger partial charge in [0, 0.05) is 37.5 Å². The Kier molecular flexibility index (Phi) is 14.2. The van der Waals surface area contributed by atoms with Crippen molar-refractivity contribution in [3.63, 3.8) is 0 Å². The van der Waals surface area contributed by atoms with Gasteiger partial charge in [0.25, 0.3) is 11.5 Å². The molecule has 7 nitrogen and oxygen atoms in total. The Morgan fingerprint density at radius 1 is 1.19 bits per heavy atom. The summed E-state index contributed by atoms with van der Waals surface area (Å²) in [6.07, 6.45) is 11.8. The van der Waals surface area contributed by atoms with Crippen LogP contribution in [-0.2, 0) is 29.4 Å². The van der Waals surface area contributed by atoms with Crippen LogP contribution in [0.2, 0.25) is 0 Å². The van der Waals surface area contributed by atoms with Crippen LogP contribution in [0.1, 0.15) is 59.4 Å². The van der Waals surface area contributed by atoms with Crippen molar-refractivity contribution in [3.05, 3.63) is 108 Å². The number of esters is 1. The van der Waals surface area contributed by atoms with Gasteiger partial charge in [-0.2, -0.15) is 13.2 Å². The van der Waals surface area contributed by atoms with Crippen molar-refractivity contribution in [1.82, 2.24) is 5.32 Å². The number of carbonyl (C=O) groups excluding carboxylic acids is 2. The van der Waals surface area contributed by atoms with E-state index in [1.54, 1.807) is 36.4 Å². The standard InChI is InChI=1S/C38H48F3NO6/c1-7-13-33-28(5)32(43)24-34(48-33)31(42-36(45)37(46-6,38(39,40)41)29-15-9-8-10-16-29)18-11-14-25(2)22-27(4)23-26(3)20-21-30-17-12-19-35(44)47-30/h7-16,18-21,23,27-28,30-34,43H,17,22,24H2,1-6H3,(H,42,45)/b13-7+,18-11+,21-20+,25-14+,26-23-/t27-,28+,30-,31-,32-,33+,34+,37?/m1/s1. The molecule has 2 N–H and O–H groups in total. The average molecular weight is 672 g/mol. The van der Waals surface area contributed by atoms with E-state index in [0.29, 0.717) is 12.8 Å². The van der Waals surface area contributed by atoms with E-state index in [9.17, 15) is 27.9 Å². The molecule has 262 valence electrons. The summed E-state index contributed by atoms with van der Waals surface area (Å²) in [5, 5.41) is 13.4. The van der Waals surface area contributed by atoms with E-state index in [1.165, 1.54) is 30.3 Å². The fourth-order valence-electron chi connectivity index (χ4n) is 6.03. The number of hydrogen-bond donors (Lipinski definition) is 2. The molecule has 2 aliphatic heterocycles. The number of nitrogens with one attached hydrogen (secondary N) is 1. The summed E-state index contributed by atoms with van der Waals surface area (Å²) >= 11 is 0. The maximum atomic E-state index is 14.7. The Hall–Kier alpha value is -3.73. The topological polar surface area (TPSA) is 94.1 Å². The maximum absolute atomic E-state index is 14.7. The lowest BCUT2D eigenvalue weighted by molar-refractivity contribution is -0.266. The van der Waals surface area contributed by atoms with Gasteiger partial charge in [-0.25, -0.2) is 4.79 Å². The van der Waals surface area contributed by atoms with Crippen molar-refractivity contribution in [2.75, 3.05) is 7.11 Å². The normalized spacial score (nSPS) is 26.9. The number of hydrogen-bond acceptors (Lipinski definition) is 6. The molecule has 2 aliphatic rings. The summed E-state index contributed by atoms with van der Waals surface area (Å²) in [4.78, 5) is 25.1. The fourth-order valence-corrected chi connectivity index (χ4v) is 6.03. The number of ether oxygens (including phenoxy) is 3. The Morgan fingerprint density at radius 2 is 1.90 bits per heavy atom. The predicted octanol–water partition coefficient (Wildman–Crippen LogP) is 7.21. The Balaban J connectivity index is 1.84. The zero-order chi connectivity index (χ0) is 35.5. The smallest absolute Gasteiger partial charge is 0.430 e. The third kappa shape index (κ3) is 10.1. The second-order valence-electron chi connectivity index (χ2n) is 12.5. The van der Waals surface area contributed by atoms with Gasteiger partial charge in [0.15, 0.2) is 0 Å². The van der Waals surface area contributed by atoms with Crippen LogP contribution in [0.15, 0.2) is 102 Å². The minimum atomic E-state index is -5.08. The van der Waals surface area contributed by atoms with E-state index in [0.717, 1.165) is 18.3 Å². The first kappa shape index (κ1) is 38.7. The minimum absolute atomic E-state index is 0.107. The van der Waals surface area contributed by atoms with Crippen LogP contribution in [-0.4, -0.2) is 60.7 Å². The predicted molar refractivity (Wildman–Crippen MR) is 180 cm³/mol. The molecule has 0 aliphatic carbocycles. The molecule has 0 saturated carbocycles. The number of carbonyl (C=O) groups is 2. The van der Waals surface area contributed by atoms with E-state index >= 15 is 0 Å². The molecule has 1 aromatic carbocycles. The van der Waals surface area contributed by atoms with E-state index in [1.807, 2.05) is 45.9 Å². The van der Waals surface area contributed by atoms with Gasteiger partial charge in [-0.3, -0.25) is 4.79 Å². The first-order valence-corrected chi connectivity index (χ1v) is 16.2. The molecule has 0 aromatic heterocycles. The number of amides is 1. The minimum Gasteiger partial charge on any atom is -0.455 e. The molecule has 1 aromatic rings. The third-order valence-corrected chi connectivity index (χ3v) is 8.57. The zero-order valence-electron chi connectivity index (χ0n) is 28.4. The second-order valence-corrected chi connectivity index (χ2v) is 12.5. The quantitative estimate of drug-likeness (QED) is 0.131. The summed E-state index contributed by atoms with van der Waals surface area (Å²) < 4.78 is 60.6. The van der Waals surface area contributed by atoms with Crippen molar-refractivity contribution in [1.29, 1.82) is 0 Å². The molecule has 2 heterocycles. The monoisotopic (exact) mass is 671 g/mol. The van der Waals surface area contributed by atoms with Crippen LogP contribution in [0, 0.1) is 11.8 Å². The summed E-state index contributed by atoms with van der Waals surface area (Å²) in [7, 11) is 0.858. The Labute approximate surface area is 281 Å². The van der Waals surface area contributed by atoms with Crippen molar-refractivity contribution >= 4 is 11.9 Å². The van der Waals surface area contributed by atoms with E-state index < -0.39 is 42.0 Å². The Bertz CT molecular complexity index is 1410. The van der Waals surface area contributed by atoms with Gasteiger partial charge < -0.3 is 24.6 Å². The highest BCUT2D eigenvalue weighted by Gasteiger charge is 2.63. The molecule has 0 bridgehead atoms. The number of methoxy groups -OCH3 is 1. The number of alkyl halides is 3. The lowest BCUT2D eigenvalue weighted by Gasteiger charge is -2.41. The molecule has 1 fully saturated rings. The molecule has 8 atom stereocenters. The van der Waals surface area contributed by atoms with Crippen molar-refractivity contribution < 1.29 is 42.1 Å². The Morgan fingerprint density at radius 3 is 2.52 bits per heavy atom. The first-order valence-electron chi connectivity index (χ1n) is 16.2. The van der Waals surface area contributed by atoms with Crippen molar-refractivity contribution in [2.45, 2.75) is 96.1 Å². The molecule has 48 heavy (non-hydrogen) atoms. The van der Waals surface area contributed by atoms with Gasteiger partial charge >= 0.3 is 12.1 Å². The van der Waals surface area contributed by atoms with Crippen molar-refractivity contribution in [3.8, 4) is 0 Å². The fraction of sp³-hybridized carbons (Fsp3) is 0.474. The molecule has 0 spiro atoms. The van der Waals surface area contributed by atoms with Gasteiger partial charge in [0.1, 0.15) is 6.10 Å². The summed E-state index contributed by atoms with van der Waals surface area (Å²) in [6.45, 7) is 9.63. The van der Waals surface area contributed by atoms with Crippen LogP contribution in [0.4, 0.5) is 13.2 Å². The van der Waals surface area contributed by atoms with Crippen LogP contribution >= 0.6 is 0 Å². The molecule has 0 radical (unpaired) electrons. The highest BCUT2D eigenvalue weighted by atomic mass is 19.4. The molecule has 1 saturated heterocycles. The molecule has 1 amide bonds. The van der Waals surface area contributed by atoms with Gasteiger partial charge in [0.2, 0.25) is 0 Å². The van der Waals surface area contributed by atoms with Gasteiger partial charge in [-0.05, 0) is 39.2 Å². The van der Waals surface area contributed by atoms with Crippen LogP contribution in [0.25, 0.3) is 0 Å². The maximum Gasteiger partial charge on any atom is 0.430 e. The number of aliphatic hydroxyl groups excluding tert-OH is 1. The molecule has 3 rings (SSSR count). The highest BCUT2D eigenvalue weighted by molar-refractivity contribution is 5.88. The second kappa shape index (κ2) is 17.6. The SMILES string of the molecule is C/C=C/[C@@H]1O[C@H]([C@@H](/C=C/C=C(\C)C[C@@H](C)/C=C(C)\C=C\[C@H]2CC=CC(=O)O2)NC(=O)C(OC)(c2ccccc2)C(F)(F)F)C[C@@H](O)[C@@H]1C. The molecule has 10 heteroatoms.